The van der Waals surface area contributed by atoms with Gasteiger partial charge >= 0.3 is 12.0 Å². The molecular formula is C23H32ClN3O4. The third-order valence-corrected chi connectivity index (χ3v) is 6.97. The molecule has 2 fully saturated rings. The van der Waals surface area contributed by atoms with Crippen LogP contribution in [0.15, 0.2) is 18.2 Å². The van der Waals surface area contributed by atoms with E-state index in [-0.39, 0.29) is 43.4 Å². The van der Waals surface area contributed by atoms with Gasteiger partial charge in [0.1, 0.15) is 6.54 Å². The molecular weight excluding hydrogens is 418 g/mol. The zero-order valence-electron chi connectivity index (χ0n) is 18.1. The van der Waals surface area contributed by atoms with E-state index in [0.717, 1.165) is 57.3 Å². The summed E-state index contributed by atoms with van der Waals surface area (Å²) < 4.78 is 0. The lowest BCUT2D eigenvalue weighted by Crippen LogP contribution is -2.43. The summed E-state index contributed by atoms with van der Waals surface area (Å²) in [4.78, 5) is 42.1. The molecule has 1 saturated heterocycles. The molecule has 31 heavy (non-hydrogen) atoms. The smallest absolute Gasteiger partial charge is 0.331 e. The van der Waals surface area contributed by atoms with Gasteiger partial charge in [-0.15, -0.1) is 12.4 Å². The SMILES string of the molecule is CN1CCc2ccc(N3CC(=O)N([C@H]4CC[C@H](CCC(=O)O)CC4)C3=O)cc2CC1.Cl. The Hall–Kier alpha value is -2.12. The van der Waals surface area contributed by atoms with Gasteiger partial charge in [0.2, 0.25) is 0 Å². The number of nitrogens with zero attached hydrogens (tertiary/aromatic N) is 3. The van der Waals surface area contributed by atoms with Crippen molar-refractivity contribution in [3.63, 3.8) is 0 Å². The first kappa shape index (κ1) is 23.5. The quantitative estimate of drug-likeness (QED) is 0.697. The van der Waals surface area contributed by atoms with E-state index in [0.29, 0.717) is 12.3 Å². The molecule has 1 saturated carbocycles. The molecule has 1 aliphatic carbocycles. The van der Waals surface area contributed by atoms with Crippen molar-refractivity contribution in [2.75, 3.05) is 31.6 Å². The first-order valence-corrected chi connectivity index (χ1v) is 11.1. The Morgan fingerprint density at radius 2 is 1.74 bits per heavy atom. The predicted molar refractivity (Wildman–Crippen MR) is 121 cm³/mol. The van der Waals surface area contributed by atoms with Crippen LogP contribution in [0.4, 0.5) is 10.5 Å². The van der Waals surface area contributed by atoms with Gasteiger partial charge in [0.05, 0.1) is 0 Å². The Balaban J connectivity index is 0.00000272. The summed E-state index contributed by atoms with van der Waals surface area (Å²) >= 11 is 0. The molecule has 1 aromatic carbocycles. The van der Waals surface area contributed by atoms with E-state index in [2.05, 4.69) is 24.1 Å². The van der Waals surface area contributed by atoms with Crippen molar-refractivity contribution in [2.24, 2.45) is 5.92 Å². The Kier molecular flexibility index (Phi) is 7.59. The number of carbonyl (C=O) groups is 3. The second-order valence-corrected chi connectivity index (χ2v) is 9.00. The molecule has 8 heteroatoms. The summed E-state index contributed by atoms with van der Waals surface area (Å²) in [6.45, 7) is 2.15. The summed E-state index contributed by atoms with van der Waals surface area (Å²) in [6.07, 6.45) is 6.14. The highest BCUT2D eigenvalue weighted by Gasteiger charge is 2.42. The number of rotatable bonds is 5. The number of carboxylic acids is 1. The fourth-order valence-electron chi connectivity index (χ4n) is 5.09. The highest BCUT2D eigenvalue weighted by Crippen LogP contribution is 2.34. The number of imide groups is 1. The third-order valence-electron chi connectivity index (χ3n) is 6.97. The molecule has 170 valence electrons. The number of carbonyl (C=O) groups excluding carboxylic acids is 2. The van der Waals surface area contributed by atoms with Crippen molar-refractivity contribution in [3.05, 3.63) is 29.3 Å². The molecule has 0 radical (unpaired) electrons. The van der Waals surface area contributed by atoms with Crippen LogP contribution < -0.4 is 4.90 Å². The normalized spacial score (nSPS) is 24.5. The monoisotopic (exact) mass is 449 g/mol. The van der Waals surface area contributed by atoms with Crippen LogP contribution in [-0.2, 0) is 22.4 Å². The van der Waals surface area contributed by atoms with Crippen molar-refractivity contribution in [2.45, 2.75) is 57.4 Å². The zero-order valence-corrected chi connectivity index (χ0v) is 18.9. The molecule has 3 amide bonds. The molecule has 0 atom stereocenters. The largest absolute Gasteiger partial charge is 0.481 e. The average Bonchev–Trinajstić information content (AvgIpc) is 2.90. The Labute approximate surface area is 189 Å². The molecule has 1 aromatic rings. The van der Waals surface area contributed by atoms with Crippen molar-refractivity contribution in [1.29, 1.82) is 0 Å². The molecule has 7 nitrogen and oxygen atoms in total. The number of likely N-dealkylation sites (N-methyl/N-ethyl adjacent to an activating group) is 1. The highest BCUT2D eigenvalue weighted by atomic mass is 35.5. The van der Waals surface area contributed by atoms with Crippen LogP contribution in [-0.4, -0.2) is 65.5 Å². The molecule has 2 heterocycles. The van der Waals surface area contributed by atoms with E-state index in [1.165, 1.54) is 16.0 Å². The maximum Gasteiger partial charge on any atom is 0.331 e. The number of urea groups is 1. The maximum absolute atomic E-state index is 13.1. The Morgan fingerprint density at radius 1 is 1.06 bits per heavy atom. The van der Waals surface area contributed by atoms with Gasteiger partial charge in [0.15, 0.2) is 0 Å². The zero-order chi connectivity index (χ0) is 21.3. The van der Waals surface area contributed by atoms with Crippen LogP contribution in [0.5, 0.6) is 0 Å². The number of aliphatic carboxylic acids is 1. The fraction of sp³-hybridized carbons (Fsp3) is 0.609. The lowest BCUT2D eigenvalue weighted by atomic mass is 9.83. The van der Waals surface area contributed by atoms with Crippen LogP contribution in [0.25, 0.3) is 0 Å². The van der Waals surface area contributed by atoms with Crippen molar-refractivity contribution in [1.82, 2.24) is 9.80 Å². The van der Waals surface area contributed by atoms with Crippen molar-refractivity contribution >= 4 is 36.0 Å². The second-order valence-electron chi connectivity index (χ2n) is 9.00. The molecule has 1 N–H and O–H groups in total. The van der Waals surface area contributed by atoms with Gasteiger partial charge in [-0.3, -0.25) is 19.4 Å². The van der Waals surface area contributed by atoms with Gasteiger partial charge in [-0.2, -0.15) is 0 Å². The van der Waals surface area contributed by atoms with Gasteiger partial charge in [0.25, 0.3) is 5.91 Å². The Bertz CT molecular complexity index is 838. The van der Waals surface area contributed by atoms with Crippen molar-refractivity contribution in [3.8, 4) is 0 Å². The first-order chi connectivity index (χ1) is 14.4. The lowest BCUT2D eigenvalue weighted by molar-refractivity contribution is -0.137. The predicted octanol–water partition coefficient (Wildman–Crippen LogP) is 3.33. The van der Waals surface area contributed by atoms with Crippen LogP contribution in [0.1, 0.15) is 49.7 Å². The number of fused-ring (bicyclic) bond motifs is 1. The summed E-state index contributed by atoms with van der Waals surface area (Å²) in [5.74, 6) is -0.502. The molecule has 0 aromatic heterocycles. The number of carboxylic acid groups (broad SMARTS) is 1. The van der Waals surface area contributed by atoms with Crippen LogP contribution in [0, 0.1) is 5.92 Å². The van der Waals surface area contributed by atoms with Crippen LogP contribution in [0.3, 0.4) is 0 Å². The minimum absolute atomic E-state index is 0. The summed E-state index contributed by atoms with van der Waals surface area (Å²) in [5, 5.41) is 8.87. The van der Waals surface area contributed by atoms with E-state index < -0.39 is 5.97 Å². The molecule has 0 unspecified atom stereocenters. The molecule has 0 spiro atoms. The summed E-state index contributed by atoms with van der Waals surface area (Å²) in [7, 11) is 2.13. The number of benzene rings is 1. The molecule has 0 bridgehead atoms. The highest BCUT2D eigenvalue weighted by molar-refractivity contribution is 6.12. The number of hydrogen-bond acceptors (Lipinski definition) is 4. The van der Waals surface area contributed by atoms with Gasteiger partial charge in [0, 0.05) is 31.2 Å². The van der Waals surface area contributed by atoms with Crippen LogP contribution >= 0.6 is 12.4 Å². The minimum Gasteiger partial charge on any atom is -0.481 e. The van der Waals surface area contributed by atoms with E-state index in [4.69, 9.17) is 5.11 Å². The molecule has 4 rings (SSSR count). The molecule has 2 aliphatic heterocycles. The first-order valence-electron chi connectivity index (χ1n) is 11.1. The number of halogens is 1. The minimum atomic E-state index is -0.759. The topological polar surface area (TPSA) is 81.2 Å². The fourth-order valence-corrected chi connectivity index (χ4v) is 5.09. The maximum atomic E-state index is 13.1. The molecule has 3 aliphatic rings. The van der Waals surface area contributed by atoms with Crippen molar-refractivity contribution < 1.29 is 19.5 Å². The Morgan fingerprint density at radius 3 is 2.42 bits per heavy atom. The van der Waals surface area contributed by atoms with Gasteiger partial charge in [-0.25, -0.2) is 4.79 Å². The van der Waals surface area contributed by atoms with E-state index in [1.54, 1.807) is 4.90 Å². The van der Waals surface area contributed by atoms with E-state index in [9.17, 15) is 14.4 Å². The lowest BCUT2D eigenvalue weighted by Gasteiger charge is -2.33. The van der Waals surface area contributed by atoms with E-state index >= 15 is 0 Å². The van der Waals surface area contributed by atoms with Gasteiger partial charge in [-0.1, -0.05) is 6.07 Å². The number of hydrogen-bond donors (Lipinski definition) is 1. The van der Waals surface area contributed by atoms with Crippen LogP contribution in [0.2, 0.25) is 0 Å². The van der Waals surface area contributed by atoms with Gasteiger partial charge in [-0.05, 0) is 81.2 Å². The standard InChI is InChI=1S/C23H31N3O4.ClH/c1-24-12-10-17-5-8-20(14-18(17)11-13-24)25-15-21(27)26(23(25)30)19-6-2-16(3-7-19)4-9-22(28)29;/h5,8,14,16,19H,2-4,6-7,9-13,15H2,1H3,(H,28,29);1H/t16-,19-;. The number of anilines is 1. The van der Waals surface area contributed by atoms with Gasteiger partial charge < -0.3 is 10.0 Å². The third kappa shape index (κ3) is 5.21. The second kappa shape index (κ2) is 10.0. The average molecular weight is 450 g/mol. The van der Waals surface area contributed by atoms with E-state index in [1.807, 2.05) is 6.07 Å². The summed E-state index contributed by atoms with van der Waals surface area (Å²) in [6, 6.07) is 5.90. The number of amides is 3. The summed E-state index contributed by atoms with van der Waals surface area (Å²) in [5.41, 5.74) is 3.42.